The van der Waals surface area contributed by atoms with Crippen molar-refractivity contribution in [3.63, 3.8) is 0 Å². The van der Waals surface area contributed by atoms with Gasteiger partial charge in [-0.1, -0.05) is 28.1 Å². The molecule has 0 N–H and O–H groups in total. The Balaban J connectivity index is 1.26. The van der Waals surface area contributed by atoms with E-state index >= 15 is 0 Å². The Labute approximate surface area is 266 Å². The maximum Gasteiger partial charge on any atom is 0.195 e. The molecule has 0 spiro atoms. The molecule has 0 saturated carbocycles. The molecule has 4 aromatic rings. The minimum absolute atomic E-state index is 0.0167. The number of benzene rings is 3. The molecular formula is C35H39BrN2O4S. The van der Waals surface area contributed by atoms with Gasteiger partial charge in [0.2, 0.25) is 0 Å². The summed E-state index contributed by atoms with van der Waals surface area (Å²) in [6, 6.07) is 20.6. The zero-order chi connectivity index (χ0) is 29.8. The molecule has 3 aromatic carbocycles. The maximum atomic E-state index is 14.2. The van der Waals surface area contributed by atoms with E-state index in [1.165, 1.54) is 37.9 Å². The molecule has 3 heterocycles. The van der Waals surface area contributed by atoms with E-state index in [1.807, 2.05) is 42.5 Å². The number of hydrogen-bond acceptors (Lipinski definition) is 7. The molecule has 6 rings (SSSR count). The van der Waals surface area contributed by atoms with Crippen molar-refractivity contribution >= 4 is 43.1 Å². The molecule has 2 aliphatic rings. The van der Waals surface area contributed by atoms with Crippen LogP contribution in [-0.4, -0.2) is 75.2 Å². The summed E-state index contributed by atoms with van der Waals surface area (Å²) < 4.78 is 19.0. The monoisotopic (exact) mass is 662 g/mol. The zero-order valence-corrected chi connectivity index (χ0v) is 27.3. The van der Waals surface area contributed by atoms with Gasteiger partial charge in [-0.3, -0.25) is 14.6 Å². The largest absolute Gasteiger partial charge is 0.497 e. The lowest BCUT2D eigenvalue weighted by Crippen LogP contribution is -2.32. The normalized spacial score (nSPS) is 17.6. The topological polar surface area (TPSA) is 51.2 Å². The number of hydrogen-bond donors (Lipinski definition) is 0. The number of ketones is 1. The molecule has 2 saturated heterocycles. The maximum absolute atomic E-state index is 14.2. The molecule has 1 aromatic heterocycles. The summed E-state index contributed by atoms with van der Waals surface area (Å²) in [6.07, 6.45) is 4.91. The predicted octanol–water partition coefficient (Wildman–Crippen LogP) is 7.66. The van der Waals surface area contributed by atoms with Crippen LogP contribution in [0, 0.1) is 0 Å². The van der Waals surface area contributed by atoms with E-state index in [-0.39, 0.29) is 5.78 Å². The minimum atomic E-state index is 0.0167. The van der Waals surface area contributed by atoms with Crippen LogP contribution in [0.25, 0.3) is 20.5 Å². The average Bonchev–Trinajstić information content (AvgIpc) is 3.79. The van der Waals surface area contributed by atoms with Gasteiger partial charge < -0.3 is 14.2 Å². The summed E-state index contributed by atoms with van der Waals surface area (Å²) in [5, 5.41) is 0.941. The second-order valence-corrected chi connectivity index (χ2v) is 13.4. The standard InChI is InChI=1S/C35H39BrN2O4S/c1-40-23-27-6-5-17-38(27)22-26-8-7-25(20-31(26)36)34(39)33-30-14-13-29(41-2)21-32(30)43-35(33)24-9-11-28(12-10-24)42-19-18-37-15-3-4-16-37/h7-14,20-21,27H,3-6,15-19,22-23H2,1-2H3. The Bertz CT molecular complexity index is 1560. The number of likely N-dealkylation sites (tertiary alicyclic amines) is 2. The molecule has 2 fully saturated rings. The van der Waals surface area contributed by atoms with Gasteiger partial charge in [-0.05, 0) is 105 Å². The highest BCUT2D eigenvalue weighted by molar-refractivity contribution is 9.10. The Morgan fingerprint density at radius 2 is 1.74 bits per heavy atom. The molecule has 2 aliphatic heterocycles. The summed E-state index contributed by atoms with van der Waals surface area (Å²) in [5.41, 5.74) is 3.58. The summed E-state index contributed by atoms with van der Waals surface area (Å²) in [5.74, 6) is 1.65. The summed E-state index contributed by atoms with van der Waals surface area (Å²) in [7, 11) is 3.44. The third-order valence-electron chi connectivity index (χ3n) is 8.66. The molecule has 1 unspecified atom stereocenters. The number of thiophene rings is 1. The third-order valence-corrected chi connectivity index (χ3v) is 10.6. The Morgan fingerprint density at radius 1 is 0.953 bits per heavy atom. The fraction of sp³-hybridized carbons (Fsp3) is 0.400. The average molecular weight is 664 g/mol. The number of methoxy groups -OCH3 is 2. The zero-order valence-electron chi connectivity index (χ0n) is 24.9. The lowest BCUT2D eigenvalue weighted by molar-refractivity contribution is 0.104. The van der Waals surface area contributed by atoms with Gasteiger partial charge in [-0.2, -0.15) is 0 Å². The molecule has 0 amide bonds. The predicted molar refractivity (Wildman–Crippen MR) is 178 cm³/mol. The number of halogens is 1. The minimum Gasteiger partial charge on any atom is -0.497 e. The van der Waals surface area contributed by atoms with Crippen molar-refractivity contribution in [2.75, 3.05) is 53.6 Å². The van der Waals surface area contributed by atoms with Crippen LogP contribution < -0.4 is 9.47 Å². The van der Waals surface area contributed by atoms with Crippen molar-refractivity contribution in [3.8, 4) is 21.9 Å². The van der Waals surface area contributed by atoms with Crippen molar-refractivity contribution in [1.82, 2.24) is 9.80 Å². The molecule has 8 heteroatoms. The van der Waals surface area contributed by atoms with Gasteiger partial charge in [0.15, 0.2) is 5.78 Å². The van der Waals surface area contributed by atoms with Crippen LogP contribution in [0.5, 0.6) is 11.5 Å². The van der Waals surface area contributed by atoms with Crippen LogP contribution in [0.3, 0.4) is 0 Å². The van der Waals surface area contributed by atoms with E-state index in [1.54, 1.807) is 25.6 Å². The van der Waals surface area contributed by atoms with Gasteiger partial charge in [0.25, 0.3) is 0 Å². The Morgan fingerprint density at radius 3 is 2.49 bits per heavy atom. The van der Waals surface area contributed by atoms with E-state index < -0.39 is 0 Å². The van der Waals surface area contributed by atoms with Crippen molar-refractivity contribution in [2.24, 2.45) is 0 Å². The lowest BCUT2D eigenvalue weighted by atomic mass is 9.97. The second-order valence-electron chi connectivity index (χ2n) is 11.4. The van der Waals surface area contributed by atoms with Crippen LogP contribution in [0.1, 0.15) is 47.2 Å². The third kappa shape index (κ3) is 6.84. The molecule has 0 radical (unpaired) electrons. The number of fused-ring (bicyclic) bond motifs is 1. The van der Waals surface area contributed by atoms with Gasteiger partial charge in [0.1, 0.15) is 18.1 Å². The van der Waals surface area contributed by atoms with Crippen LogP contribution in [0.2, 0.25) is 0 Å². The molecule has 0 aliphatic carbocycles. The lowest BCUT2D eigenvalue weighted by Gasteiger charge is -2.24. The molecular weight excluding hydrogens is 624 g/mol. The number of rotatable bonds is 12. The van der Waals surface area contributed by atoms with Crippen LogP contribution >= 0.6 is 27.3 Å². The van der Waals surface area contributed by atoms with Gasteiger partial charge in [0.05, 0.1) is 13.7 Å². The summed E-state index contributed by atoms with van der Waals surface area (Å²) in [4.78, 5) is 20.1. The first-order valence-corrected chi connectivity index (χ1v) is 16.8. The quantitative estimate of drug-likeness (QED) is 0.145. The molecule has 1 atom stereocenters. The van der Waals surface area contributed by atoms with Gasteiger partial charge >= 0.3 is 0 Å². The van der Waals surface area contributed by atoms with E-state index in [0.29, 0.717) is 18.2 Å². The highest BCUT2D eigenvalue weighted by Crippen LogP contribution is 2.42. The van der Waals surface area contributed by atoms with E-state index in [9.17, 15) is 4.79 Å². The number of nitrogens with zero attached hydrogens (tertiary/aromatic N) is 2. The molecule has 226 valence electrons. The molecule has 6 nitrogen and oxygen atoms in total. The van der Waals surface area contributed by atoms with Gasteiger partial charge in [0, 0.05) is 56.8 Å². The van der Waals surface area contributed by atoms with Crippen molar-refractivity contribution in [3.05, 3.63) is 81.8 Å². The first-order chi connectivity index (χ1) is 21.0. The fourth-order valence-electron chi connectivity index (χ4n) is 6.30. The van der Waals surface area contributed by atoms with Crippen LogP contribution in [0.4, 0.5) is 0 Å². The van der Waals surface area contributed by atoms with Gasteiger partial charge in [-0.15, -0.1) is 11.3 Å². The highest BCUT2D eigenvalue weighted by atomic mass is 79.9. The fourth-order valence-corrected chi connectivity index (χ4v) is 8.04. The molecule has 0 bridgehead atoms. The highest BCUT2D eigenvalue weighted by Gasteiger charge is 2.26. The summed E-state index contributed by atoms with van der Waals surface area (Å²) in [6.45, 7) is 6.63. The Hall–Kier alpha value is -2.75. The van der Waals surface area contributed by atoms with Gasteiger partial charge in [-0.25, -0.2) is 0 Å². The number of carbonyl (C=O) groups is 1. The Kier molecular flexibility index (Phi) is 9.80. The van der Waals surface area contributed by atoms with E-state index in [2.05, 4.69) is 43.9 Å². The smallest absolute Gasteiger partial charge is 0.195 e. The van der Waals surface area contributed by atoms with Crippen molar-refractivity contribution in [1.29, 1.82) is 0 Å². The van der Waals surface area contributed by atoms with E-state index in [4.69, 9.17) is 14.2 Å². The van der Waals surface area contributed by atoms with E-state index in [0.717, 1.165) is 74.7 Å². The first kappa shape index (κ1) is 30.3. The van der Waals surface area contributed by atoms with Crippen LogP contribution in [0.15, 0.2) is 65.1 Å². The van der Waals surface area contributed by atoms with Crippen LogP contribution in [-0.2, 0) is 11.3 Å². The van der Waals surface area contributed by atoms with Crippen molar-refractivity contribution < 1.29 is 19.0 Å². The first-order valence-electron chi connectivity index (χ1n) is 15.2. The summed E-state index contributed by atoms with van der Waals surface area (Å²) >= 11 is 5.41. The second kappa shape index (κ2) is 13.9. The number of carbonyl (C=O) groups excluding carboxylic acids is 1. The van der Waals surface area contributed by atoms with Crippen molar-refractivity contribution in [2.45, 2.75) is 38.3 Å². The number of ether oxygens (including phenoxy) is 3. The SMILES string of the molecule is COCC1CCCN1Cc1ccc(C(=O)c2c(-c3ccc(OCCN4CCCC4)cc3)sc3cc(OC)ccc23)cc1Br. The molecule has 43 heavy (non-hydrogen) atoms.